The quantitative estimate of drug-likeness (QED) is 0.806. The van der Waals surface area contributed by atoms with Gasteiger partial charge in [0.1, 0.15) is 6.26 Å². The topological polar surface area (TPSA) is 29.3 Å². The van der Waals surface area contributed by atoms with Crippen molar-refractivity contribution >= 4 is 5.69 Å². The maximum absolute atomic E-state index is 5.30. The van der Waals surface area contributed by atoms with Crippen LogP contribution in [0, 0.1) is 5.92 Å². The third-order valence-electron chi connectivity index (χ3n) is 3.57. The summed E-state index contributed by atoms with van der Waals surface area (Å²) in [6, 6.07) is 8.50. The molecule has 94 valence electrons. The lowest BCUT2D eigenvalue weighted by molar-refractivity contribution is 0.447. The SMILES string of the molecule is CC1CCCN(c2ccc(-c3ncco3)cc2)C1. The van der Waals surface area contributed by atoms with Crippen LogP contribution in [0.5, 0.6) is 0 Å². The number of aromatic nitrogens is 1. The first-order valence-corrected chi connectivity index (χ1v) is 6.58. The molecule has 1 aliphatic heterocycles. The highest BCUT2D eigenvalue weighted by Gasteiger charge is 2.16. The number of anilines is 1. The van der Waals surface area contributed by atoms with Gasteiger partial charge in [0, 0.05) is 24.3 Å². The summed E-state index contributed by atoms with van der Waals surface area (Å²) in [7, 11) is 0. The fourth-order valence-electron chi connectivity index (χ4n) is 2.60. The molecule has 1 unspecified atom stereocenters. The maximum Gasteiger partial charge on any atom is 0.225 e. The van der Waals surface area contributed by atoms with Gasteiger partial charge < -0.3 is 9.32 Å². The lowest BCUT2D eigenvalue weighted by Gasteiger charge is -2.32. The summed E-state index contributed by atoms with van der Waals surface area (Å²) in [5, 5.41) is 0. The van der Waals surface area contributed by atoms with E-state index in [9.17, 15) is 0 Å². The second-order valence-corrected chi connectivity index (χ2v) is 5.08. The van der Waals surface area contributed by atoms with Crippen molar-refractivity contribution in [3.05, 3.63) is 36.7 Å². The molecule has 18 heavy (non-hydrogen) atoms. The van der Waals surface area contributed by atoms with Crippen molar-refractivity contribution in [1.29, 1.82) is 0 Å². The fraction of sp³-hybridized carbons (Fsp3) is 0.400. The van der Waals surface area contributed by atoms with Crippen molar-refractivity contribution in [2.24, 2.45) is 5.92 Å². The Hall–Kier alpha value is -1.77. The van der Waals surface area contributed by atoms with Crippen LogP contribution in [0.3, 0.4) is 0 Å². The predicted octanol–water partition coefficient (Wildman–Crippen LogP) is 3.58. The Kier molecular flexibility index (Phi) is 3.05. The zero-order valence-corrected chi connectivity index (χ0v) is 10.7. The number of rotatable bonds is 2. The summed E-state index contributed by atoms with van der Waals surface area (Å²) >= 11 is 0. The van der Waals surface area contributed by atoms with Crippen LogP contribution >= 0.6 is 0 Å². The molecule has 0 amide bonds. The van der Waals surface area contributed by atoms with Gasteiger partial charge in [-0.2, -0.15) is 0 Å². The molecule has 0 saturated carbocycles. The standard InChI is InChI=1S/C15H18N2O/c1-12-3-2-9-17(11-12)14-6-4-13(5-7-14)15-16-8-10-18-15/h4-8,10,12H,2-3,9,11H2,1H3. The van der Waals surface area contributed by atoms with Crippen molar-refractivity contribution in [3.8, 4) is 11.5 Å². The summed E-state index contributed by atoms with van der Waals surface area (Å²) < 4.78 is 5.30. The molecule has 1 aromatic heterocycles. The highest BCUT2D eigenvalue weighted by atomic mass is 16.3. The molecule has 3 rings (SSSR count). The number of nitrogens with zero attached hydrogens (tertiary/aromatic N) is 2. The molecule has 2 heterocycles. The van der Waals surface area contributed by atoms with Crippen LogP contribution in [-0.2, 0) is 0 Å². The highest BCUT2D eigenvalue weighted by molar-refractivity contribution is 5.59. The third-order valence-corrected chi connectivity index (χ3v) is 3.57. The average Bonchev–Trinajstić information content (AvgIpc) is 2.93. The van der Waals surface area contributed by atoms with Crippen LogP contribution in [0.4, 0.5) is 5.69 Å². The van der Waals surface area contributed by atoms with Crippen LogP contribution in [-0.4, -0.2) is 18.1 Å². The van der Waals surface area contributed by atoms with E-state index in [1.54, 1.807) is 12.5 Å². The van der Waals surface area contributed by atoms with Crippen molar-refractivity contribution < 1.29 is 4.42 Å². The van der Waals surface area contributed by atoms with Gasteiger partial charge >= 0.3 is 0 Å². The fourth-order valence-corrected chi connectivity index (χ4v) is 2.60. The second-order valence-electron chi connectivity index (χ2n) is 5.08. The minimum absolute atomic E-state index is 0.688. The molecule has 1 atom stereocenters. The Labute approximate surface area is 107 Å². The zero-order valence-electron chi connectivity index (χ0n) is 10.7. The highest BCUT2D eigenvalue weighted by Crippen LogP contribution is 2.25. The van der Waals surface area contributed by atoms with Gasteiger partial charge in [0.05, 0.1) is 6.20 Å². The van der Waals surface area contributed by atoms with E-state index in [4.69, 9.17) is 4.42 Å². The van der Waals surface area contributed by atoms with Gasteiger partial charge in [0.2, 0.25) is 5.89 Å². The van der Waals surface area contributed by atoms with Crippen LogP contribution in [0.1, 0.15) is 19.8 Å². The number of hydrogen-bond acceptors (Lipinski definition) is 3. The van der Waals surface area contributed by atoms with Gasteiger partial charge in [-0.05, 0) is 43.0 Å². The molecule has 0 spiro atoms. The van der Waals surface area contributed by atoms with Crippen LogP contribution in [0.2, 0.25) is 0 Å². The van der Waals surface area contributed by atoms with Gasteiger partial charge in [-0.1, -0.05) is 6.92 Å². The van der Waals surface area contributed by atoms with Gasteiger partial charge in [-0.25, -0.2) is 4.98 Å². The summed E-state index contributed by atoms with van der Waals surface area (Å²) in [6.45, 7) is 4.66. The molecule has 1 fully saturated rings. The average molecular weight is 242 g/mol. The smallest absolute Gasteiger partial charge is 0.225 e. The van der Waals surface area contributed by atoms with E-state index in [1.807, 2.05) is 0 Å². The monoisotopic (exact) mass is 242 g/mol. The van der Waals surface area contributed by atoms with Crippen molar-refractivity contribution in [3.63, 3.8) is 0 Å². The van der Waals surface area contributed by atoms with E-state index in [0.29, 0.717) is 5.89 Å². The summed E-state index contributed by atoms with van der Waals surface area (Å²) in [4.78, 5) is 6.63. The first-order valence-electron chi connectivity index (χ1n) is 6.58. The first kappa shape index (κ1) is 11.3. The zero-order chi connectivity index (χ0) is 12.4. The van der Waals surface area contributed by atoms with Crippen LogP contribution in [0.15, 0.2) is 41.1 Å². The summed E-state index contributed by atoms with van der Waals surface area (Å²) in [6.07, 6.45) is 5.93. The molecule has 0 aliphatic carbocycles. The normalized spacial score (nSPS) is 20.1. The van der Waals surface area contributed by atoms with E-state index in [0.717, 1.165) is 11.5 Å². The van der Waals surface area contributed by atoms with E-state index in [1.165, 1.54) is 31.6 Å². The number of oxazole rings is 1. The van der Waals surface area contributed by atoms with Gasteiger partial charge in [-0.15, -0.1) is 0 Å². The minimum Gasteiger partial charge on any atom is -0.445 e. The first-order chi connectivity index (χ1) is 8.83. The van der Waals surface area contributed by atoms with E-state index >= 15 is 0 Å². The van der Waals surface area contributed by atoms with E-state index in [-0.39, 0.29) is 0 Å². The minimum atomic E-state index is 0.688. The van der Waals surface area contributed by atoms with E-state index < -0.39 is 0 Å². The Balaban J connectivity index is 1.78. The van der Waals surface area contributed by atoms with Crippen molar-refractivity contribution in [1.82, 2.24) is 4.98 Å². The summed E-state index contributed by atoms with van der Waals surface area (Å²) in [5.74, 6) is 1.48. The number of piperidine rings is 1. The number of hydrogen-bond donors (Lipinski definition) is 0. The molecular formula is C15H18N2O. The Morgan fingerprint density at radius 2 is 2.11 bits per heavy atom. The molecule has 3 nitrogen and oxygen atoms in total. The summed E-state index contributed by atoms with van der Waals surface area (Å²) in [5.41, 5.74) is 2.34. The van der Waals surface area contributed by atoms with Crippen LogP contribution < -0.4 is 4.90 Å². The lowest BCUT2D eigenvalue weighted by Crippen LogP contribution is -2.34. The second kappa shape index (κ2) is 4.84. The molecule has 2 aromatic rings. The molecule has 1 saturated heterocycles. The molecule has 3 heteroatoms. The Bertz CT molecular complexity index is 490. The van der Waals surface area contributed by atoms with Gasteiger partial charge in [-0.3, -0.25) is 0 Å². The lowest BCUT2D eigenvalue weighted by atomic mass is 9.99. The largest absolute Gasteiger partial charge is 0.445 e. The number of benzene rings is 1. The van der Waals surface area contributed by atoms with Crippen molar-refractivity contribution in [2.45, 2.75) is 19.8 Å². The molecule has 1 aromatic carbocycles. The molecule has 0 radical (unpaired) electrons. The maximum atomic E-state index is 5.30. The predicted molar refractivity (Wildman–Crippen MR) is 72.6 cm³/mol. The molecule has 0 N–H and O–H groups in total. The Morgan fingerprint density at radius 1 is 1.28 bits per heavy atom. The molecular weight excluding hydrogens is 224 g/mol. The van der Waals surface area contributed by atoms with Gasteiger partial charge in [0.25, 0.3) is 0 Å². The molecule has 0 bridgehead atoms. The Morgan fingerprint density at radius 3 is 2.78 bits per heavy atom. The van der Waals surface area contributed by atoms with Crippen LogP contribution in [0.25, 0.3) is 11.5 Å². The van der Waals surface area contributed by atoms with E-state index in [2.05, 4.69) is 41.1 Å². The third kappa shape index (κ3) is 2.26. The molecule has 1 aliphatic rings. The van der Waals surface area contributed by atoms with Crippen molar-refractivity contribution in [2.75, 3.05) is 18.0 Å². The van der Waals surface area contributed by atoms with Gasteiger partial charge in [0.15, 0.2) is 0 Å².